The largest absolute Gasteiger partial charge is 0.478 e. The number of carbonyl (C=O) groups is 1. The number of halogens is 2. The molecule has 1 fully saturated rings. The van der Waals surface area contributed by atoms with Crippen LogP contribution in [-0.2, 0) is 10.0 Å². The highest BCUT2D eigenvalue weighted by Gasteiger charge is 2.32. The molecule has 1 aliphatic rings. The molecule has 6 nitrogen and oxygen atoms in total. The molecular weight excluding hydrogens is 323 g/mol. The van der Waals surface area contributed by atoms with Gasteiger partial charge in [-0.25, -0.2) is 17.6 Å². The monoisotopic (exact) mass is 336 g/mol. The lowest BCUT2D eigenvalue weighted by atomic mass is 10.1. The maximum absolute atomic E-state index is 14.2. The fourth-order valence-electron chi connectivity index (χ4n) is 2.16. The van der Waals surface area contributed by atoms with E-state index in [9.17, 15) is 17.6 Å². The van der Waals surface area contributed by atoms with Gasteiger partial charge in [0.15, 0.2) is 5.82 Å². The predicted molar refractivity (Wildman–Crippen MR) is 74.3 cm³/mol. The van der Waals surface area contributed by atoms with E-state index in [-0.39, 0.29) is 24.2 Å². The molecule has 0 radical (unpaired) electrons. The number of aromatic carboxylic acids is 1. The molecule has 0 atom stereocenters. The van der Waals surface area contributed by atoms with Crippen LogP contribution >= 0.6 is 11.6 Å². The molecule has 9 heteroatoms. The van der Waals surface area contributed by atoms with E-state index in [4.69, 9.17) is 22.4 Å². The average Bonchev–Trinajstić information content (AvgIpc) is 2.41. The van der Waals surface area contributed by atoms with Gasteiger partial charge < -0.3 is 10.8 Å². The van der Waals surface area contributed by atoms with E-state index in [0.717, 1.165) is 16.4 Å². The molecule has 0 aromatic heterocycles. The van der Waals surface area contributed by atoms with Crippen LogP contribution in [0.2, 0.25) is 5.02 Å². The smallest absolute Gasteiger partial charge is 0.338 e. The molecule has 0 amide bonds. The number of piperidine rings is 1. The summed E-state index contributed by atoms with van der Waals surface area (Å²) in [6, 6.07) is 1.72. The van der Waals surface area contributed by atoms with Gasteiger partial charge in [0, 0.05) is 24.2 Å². The van der Waals surface area contributed by atoms with E-state index in [0.29, 0.717) is 12.8 Å². The number of hydrogen-bond donors (Lipinski definition) is 2. The third-order valence-electron chi connectivity index (χ3n) is 3.35. The Morgan fingerprint density at radius 3 is 2.48 bits per heavy atom. The maximum Gasteiger partial charge on any atom is 0.338 e. The van der Waals surface area contributed by atoms with Crippen LogP contribution in [0.4, 0.5) is 4.39 Å². The fourth-order valence-corrected chi connectivity index (χ4v) is 4.03. The molecule has 1 saturated heterocycles. The number of hydrogen-bond acceptors (Lipinski definition) is 4. The van der Waals surface area contributed by atoms with E-state index in [1.807, 2.05) is 0 Å². The van der Waals surface area contributed by atoms with Crippen molar-refractivity contribution in [3.05, 3.63) is 28.5 Å². The summed E-state index contributed by atoms with van der Waals surface area (Å²) in [6.45, 7) is 0.329. The minimum absolute atomic E-state index is 0.0877. The zero-order valence-corrected chi connectivity index (χ0v) is 12.5. The summed E-state index contributed by atoms with van der Waals surface area (Å²) in [5, 5.41) is 8.75. The Morgan fingerprint density at radius 1 is 1.38 bits per heavy atom. The van der Waals surface area contributed by atoms with Crippen LogP contribution in [0.5, 0.6) is 0 Å². The first-order chi connectivity index (χ1) is 9.73. The van der Waals surface area contributed by atoms with E-state index in [1.54, 1.807) is 0 Å². The fraction of sp³-hybridized carbons (Fsp3) is 0.417. The molecular formula is C12H14ClFN2O4S. The van der Waals surface area contributed by atoms with Gasteiger partial charge in [-0.15, -0.1) is 0 Å². The highest BCUT2D eigenvalue weighted by atomic mass is 35.5. The number of rotatable bonds is 3. The average molecular weight is 337 g/mol. The number of nitrogens with zero attached hydrogens (tertiary/aromatic N) is 1. The van der Waals surface area contributed by atoms with Gasteiger partial charge in [-0.2, -0.15) is 4.31 Å². The minimum Gasteiger partial charge on any atom is -0.478 e. The predicted octanol–water partition coefficient (Wildman–Crippen LogP) is 1.29. The van der Waals surface area contributed by atoms with E-state index in [1.165, 1.54) is 0 Å². The lowest BCUT2D eigenvalue weighted by Gasteiger charge is -2.29. The third kappa shape index (κ3) is 3.18. The first kappa shape index (κ1) is 16.2. The number of carboxylic acids is 1. The molecule has 0 bridgehead atoms. The highest BCUT2D eigenvalue weighted by Crippen LogP contribution is 2.28. The van der Waals surface area contributed by atoms with Gasteiger partial charge in [0.25, 0.3) is 0 Å². The van der Waals surface area contributed by atoms with Crippen molar-refractivity contribution in [2.45, 2.75) is 23.8 Å². The van der Waals surface area contributed by atoms with Gasteiger partial charge in [0.1, 0.15) is 4.90 Å². The number of sulfonamides is 1. The topological polar surface area (TPSA) is 101 Å². The summed E-state index contributed by atoms with van der Waals surface area (Å²) in [7, 11) is -4.14. The Hall–Kier alpha value is -1.22. The second kappa shape index (κ2) is 5.88. The van der Waals surface area contributed by atoms with Gasteiger partial charge in [0.05, 0.1) is 5.56 Å². The first-order valence-electron chi connectivity index (χ1n) is 6.21. The Balaban J connectivity index is 2.47. The van der Waals surface area contributed by atoms with Crippen molar-refractivity contribution in [1.82, 2.24) is 4.31 Å². The summed E-state index contributed by atoms with van der Waals surface area (Å²) in [4.78, 5) is 10.2. The van der Waals surface area contributed by atoms with Gasteiger partial charge in [-0.05, 0) is 25.0 Å². The molecule has 116 valence electrons. The van der Waals surface area contributed by atoms with Crippen molar-refractivity contribution in [1.29, 1.82) is 0 Å². The molecule has 0 spiro atoms. The van der Waals surface area contributed by atoms with Gasteiger partial charge in [-0.1, -0.05) is 11.6 Å². The Kier molecular flexibility index (Phi) is 4.52. The molecule has 0 unspecified atom stereocenters. The number of carboxylic acid groups (broad SMARTS) is 1. The van der Waals surface area contributed by atoms with Crippen LogP contribution < -0.4 is 5.73 Å². The summed E-state index contributed by atoms with van der Waals surface area (Å²) >= 11 is 5.70. The van der Waals surface area contributed by atoms with Crippen molar-refractivity contribution in [2.75, 3.05) is 13.1 Å². The lowest BCUT2D eigenvalue weighted by Crippen LogP contribution is -2.43. The Labute approximate surface area is 126 Å². The van der Waals surface area contributed by atoms with Crippen LogP contribution in [-0.4, -0.2) is 42.9 Å². The molecule has 21 heavy (non-hydrogen) atoms. The molecule has 0 saturated carbocycles. The summed E-state index contributed by atoms with van der Waals surface area (Å²) < 4.78 is 40.1. The van der Waals surface area contributed by atoms with Gasteiger partial charge in [0.2, 0.25) is 10.0 Å². The van der Waals surface area contributed by atoms with Crippen molar-refractivity contribution >= 4 is 27.6 Å². The normalized spacial score (nSPS) is 17.9. The van der Waals surface area contributed by atoms with E-state index < -0.39 is 32.3 Å². The minimum atomic E-state index is -4.14. The van der Waals surface area contributed by atoms with Crippen LogP contribution in [0.1, 0.15) is 23.2 Å². The molecule has 2 rings (SSSR count). The number of benzene rings is 1. The summed E-state index contributed by atoms with van der Waals surface area (Å²) in [5.41, 5.74) is 4.93. The van der Waals surface area contributed by atoms with Crippen LogP contribution in [0.15, 0.2) is 17.0 Å². The van der Waals surface area contributed by atoms with Crippen molar-refractivity contribution in [3.8, 4) is 0 Å². The zero-order valence-electron chi connectivity index (χ0n) is 10.9. The Morgan fingerprint density at radius 2 is 1.95 bits per heavy atom. The lowest BCUT2D eigenvalue weighted by molar-refractivity contribution is 0.0691. The third-order valence-corrected chi connectivity index (χ3v) is 5.47. The second-order valence-corrected chi connectivity index (χ2v) is 7.15. The highest BCUT2D eigenvalue weighted by molar-refractivity contribution is 7.89. The Bertz CT molecular complexity index is 672. The molecule has 1 heterocycles. The molecule has 1 aromatic rings. The summed E-state index contributed by atoms with van der Waals surface area (Å²) in [5.74, 6) is -2.88. The standard InChI is InChI=1S/C12H14ClFN2O4S/c13-7-5-9(12(17)18)11(14)10(6-7)21(19,20)16-3-1-8(15)2-4-16/h5-6,8H,1-4,15H2,(H,17,18). The van der Waals surface area contributed by atoms with Crippen LogP contribution in [0, 0.1) is 5.82 Å². The molecule has 3 N–H and O–H groups in total. The molecule has 0 aliphatic carbocycles. The molecule has 1 aliphatic heterocycles. The van der Waals surface area contributed by atoms with E-state index in [2.05, 4.69) is 0 Å². The second-order valence-electron chi connectivity index (χ2n) is 4.81. The first-order valence-corrected chi connectivity index (χ1v) is 8.03. The summed E-state index contributed by atoms with van der Waals surface area (Å²) in [6.07, 6.45) is 0.931. The van der Waals surface area contributed by atoms with Crippen LogP contribution in [0.3, 0.4) is 0 Å². The maximum atomic E-state index is 14.2. The SMILES string of the molecule is NC1CCN(S(=O)(=O)c2cc(Cl)cc(C(=O)O)c2F)CC1. The zero-order chi connectivity index (χ0) is 15.8. The van der Waals surface area contributed by atoms with E-state index >= 15 is 0 Å². The van der Waals surface area contributed by atoms with Gasteiger partial charge >= 0.3 is 5.97 Å². The van der Waals surface area contributed by atoms with Crippen molar-refractivity contribution in [2.24, 2.45) is 5.73 Å². The number of nitrogens with two attached hydrogens (primary N) is 1. The quantitative estimate of drug-likeness (QED) is 0.866. The molecule has 1 aromatic carbocycles. The van der Waals surface area contributed by atoms with Crippen molar-refractivity contribution < 1.29 is 22.7 Å². The van der Waals surface area contributed by atoms with Crippen LogP contribution in [0.25, 0.3) is 0 Å². The van der Waals surface area contributed by atoms with Crippen molar-refractivity contribution in [3.63, 3.8) is 0 Å². The van der Waals surface area contributed by atoms with Gasteiger partial charge in [-0.3, -0.25) is 0 Å².